The summed E-state index contributed by atoms with van der Waals surface area (Å²) < 4.78 is 1.96. The smallest absolute Gasteiger partial charge is 0.187 e. The highest BCUT2D eigenvalue weighted by molar-refractivity contribution is 6.08. The van der Waals surface area contributed by atoms with Crippen LogP contribution >= 0.6 is 0 Å². The SMILES string of the molecule is BCc1nc(C)nnc1Cn1cc(C)c(=O)c(C)c1. The molecular weight excluding hydrogens is 239 g/mol. The van der Waals surface area contributed by atoms with Gasteiger partial charge in [-0.25, -0.2) is 4.98 Å². The zero-order chi connectivity index (χ0) is 14.0. The topological polar surface area (TPSA) is 60.7 Å². The van der Waals surface area contributed by atoms with Gasteiger partial charge in [-0.3, -0.25) is 4.79 Å². The van der Waals surface area contributed by atoms with Crippen LogP contribution in [-0.4, -0.2) is 27.6 Å². The molecule has 2 aromatic heterocycles. The fraction of sp³-hybridized carbons (Fsp3) is 0.385. The molecule has 0 fully saturated rings. The molecule has 6 heteroatoms. The van der Waals surface area contributed by atoms with Gasteiger partial charge < -0.3 is 4.57 Å². The first kappa shape index (κ1) is 13.5. The molecule has 2 rings (SSSR count). The van der Waals surface area contributed by atoms with Crippen molar-refractivity contribution in [3.8, 4) is 0 Å². The van der Waals surface area contributed by atoms with E-state index >= 15 is 0 Å². The van der Waals surface area contributed by atoms with Gasteiger partial charge in [0.2, 0.25) is 0 Å². The van der Waals surface area contributed by atoms with Crippen molar-refractivity contribution >= 4 is 7.85 Å². The summed E-state index contributed by atoms with van der Waals surface area (Å²) in [6.07, 6.45) is 4.51. The van der Waals surface area contributed by atoms with E-state index in [1.807, 2.05) is 37.7 Å². The van der Waals surface area contributed by atoms with Crippen molar-refractivity contribution in [2.75, 3.05) is 0 Å². The molecule has 0 atom stereocenters. The van der Waals surface area contributed by atoms with Gasteiger partial charge in [0.25, 0.3) is 0 Å². The Labute approximate surface area is 113 Å². The highest BCUT2D eigenvalue weighted by atomic mass is 16.1. The highest BCUT2D eigenvalue weighted by Gasteiger charge is 2.07. The van der Waals surface area contributed by atoms with Crippen LogP contribution in [0.2, 0.25) is 0 Å². The Balaban J connectivity index is 2.39. The molecule has 2 aromatic rings. The summed E-state index contributed by atoms with van der Waals surface area (Å²) in [4.78, 5) is 16.1. The van der Waals surface area contributed by atoms with E-state index in [1.165, 1.54) is 0 Å². The van der Waals surface area contributed by atoms with Crippen molar-refractivity contribution in [2.24, 2.45) is 0 Å². The van der Waals surface area contributed by atoms with E-state index in [9.17, 15) is 4.79 Å². The summed E-state index contributed by atoms with van der Waals surface area (Å²) in [6, 6.07) is 0. The molecule has 0 unspecified atom stereocenters. The summed E-state index contributed by atoms with van der Waals surface area (Å²) in [7, 11) is 2.05. The van der Waals surface area contributed by atoms with Gasteiger partial charge in [-0.15, -0.1) is 10.2 Å². The van der Waals surface area contributed by atoms with Crippen LogP contribution in [0.15, 0.2) is 17.2 Å². The molecule has 0 radical (unpaired) electrons. The lowest BCUT2D eigenvalue weighted by molar-refractivity contribution is 0.706. The third kappa shape index (κ3) is 2.89. The summed E-state index contributed by atoms with van der Waals surface area (Å²) >= 11 is 0. The van der Waals surface area contributed by atoms with Gasteiger partial charge in [-0.2, -0.15) is 0 Å². The maximum absolute atomic E-state index is 11.7. The van der Waals surface area contributed by atoms with Gasteiger partial charge in [0.1, 0.15) is 19.4 Å². The zero-order valence-corrected chi connectivity index (χ0v) is 11.8. The van der Waals surface area contributed by atoms with Crippen molar-refractivity contribution in [3.05, 3.63) is 51.0 Å². The zero-order valence-electron chi connectivity index (χ0n) is 11.8. The Kier molecular flexibility index (Phi) is 3.78. The quantitative estimate of drug-likeness (QED) is 0.733. The third-order valence-electron chi connectivity index (χ3n) is 3.05. The van der Waals surface area contributed by atoms with Gasteiger partial charge in [0, 0.05) is 23.5 Å². The van der Waals surface area contributed by atoms with Gasteiger partial charge in [0.05, 0.1) is 12.2 Å². The largest absolute Gasteiger partial charge is 0.347 e. The van der Waals surface area contributed by atoms with Crippen molar-refractivity contribution in [3.63, 3.8) is 0 Å². The number of hydrogen-bond acceptors (Lipinski definition) is 4. The van der Waals surface area contributed by atoms with Crippen molar-refractivity contribution in [2.45, 2.75) is 33.6 Å². The lowest BCUT2D eigenvalue weighted by Crippen LogP contribution is -2.16. The number of hydrogen-bond donors (Lipinski definition) is 0. The fourth-order valence-corrected chi connectivity index (χ4v) is 2.11. The maximum Gasteiger partial charge on any atom is 0.187 e. The molecule has 0 saturated heterocycles. The molecule has 0 N–H and O–H groups in total. The second-order valence-electron chi connectivity index (χ2n) is 4.73. The van der Waals surface area contributed by atoms with E-state index in [0.717, 1.165) is 28.8 Å². The van der Waals surface area contributed by atoms with Crippen LogP contribution in [0.1, 0.15) is 28.3 Å². The van der Waals surface area contributed by atoms with E-state index in [2.05, 4.69) is 23.0 Å². The Hall–Kier alpha value is -1.98. The summed E-state index contributed by atoms with van der Waals surface area (Å²) in [6.45, 7) is 6.08. The summed E-state index contributed by atoms with van der Waals surface area (Å²) in [5.74, 6) is 0.688. The molecule has 0 aliphatic carbocycles. The Morgan fingerprint density at radius 2 is 1.74 bits per heavy atom. The normalized spacial score (nSPS) is 10.7. The molecule has 98 valence electrons. The van der Waals surface area contributed by atoms with Crippen LogP contribution in [-0.2, 0) is 12.9 Å². The Morgan fingerprint density at radius 3 is 2.32 bits per heavy atom. The molecular formula is C13H17BN4O. The number of nitrogens with zero attached hydrogens (tertiary/aromatic N) is 4. The van der Waals surface area contributed by atoms with Crippen LogP contribution in [0.5, 0.6) is 0 Å². The Bertz CT molecular complexity index is 640. The summed E-state index contributed by atoms with van der Waals surface area (Å²) in [5.41, 5.74) is 3.40. The van der Waals surface area contributed by atoms with Gasteiger partial charge in [-0.1, -0.05) is 0 Å². The number of rotatable bonds is 3. The van der Waals surface area contributed by atoms with Crippen LogP contribution < -0.4 is 5.43 Å². The van der Waals surface area contributed by atoms with E-state index in [4.69, 9.17) is 0 Å². The van der Waals surface area contributed by atoms with Crippen molar-refractivity contribution in [1.29, 1.82) is 0 Å². The minimum atomic E-state index is 0.0973. The maximum atomic E-state index is 11.7. The minimum Gasteiger partial charge on any atom is -0.347 e. The van der Waals surface area contributed by atoms with Gasteiger partial charge in [-0.05, 0) is 27.1 Å². The monoisotopic (exact) mass is 256 g/mol. The molecule has 0 saturated carbocycles. The number of aryl methyl sites for hydroxylation is 3. The first-order valence-corrected chi connectivity index (χ1v) is 6.37. The molecule has 0 amide bonds. The molecule has 0 aromatic carbocycles. The number of aromatic nitrogens is 4. The van der Waals surface area contributed by atoms with Crippen LogP contribution in [0, 0.1) is 20.8 Å². The first-order valence-electron chi connectivity index (χ1n) is 6.37. The second kappa shape index (κ2) is 5.34. The lowest BCUT2D eigenvalue weighted by atomic mass is 10.00. The minimum absolute atomic E-state index is 0.0973. The van der Waals surface area contributed by atoms with Crippen molar-refractivity contribution in [1.82, 2.24) is 19.7 Å². The Morgan fingerprint density at radius 1 is 1.11 bits per heavy atom. The van der Waals surface area contributed by atoms with Crippen LogP contribution in [0.25, 0.3) is 0 Å². The van der Waals surface area contributed by atoms with E-state index in [1.54, 1.807) is 0 Å². The standard InChI is InChI=1S/C13H17BN4O/c1-8-5-18(6-9(2)13(8)19)7-12-11(4-14)15-10(3)16-17-12/h5-6H,4,7,14H2,1-3H3. The van der Waals surface area contributed by atoms with Crippen molar-refractivity contribution < 1.29 is 0 Å². The number of pyridine rings is 1. The van der Waals surface area contributed by atoms with E-state index in [-0.39, 0.29) is 5.43 Å². The molecule has 19 heavy (non-hydrogen) atoms. The summed E-state index contributed by atoms with van der Waals surface area (Å²) in [5, 5.41) is 8.22. The lowest BCUT2D eigenvalue weighted by Gasteiger charge is -2.10. The second-order valence-corrected chi connectivity index (χ2v) is 4.73. The molecule has 0 spiro atoms. The first-order chi connectivity index (χ1) is 9.01. The molecule has 2 heterocycles. The van der Waals surface area contributed by atoms with Gasteiger partial charge >= 0.3 is 0 Å². The molecule has 5 nitrogen and oxygen atoms in total. The van der Waals surface area contributed by atoms with E-state index < -0.39 is 0 Å². The van der Waals surface area contributed by atoms with Crippen LogP contribution in [0.4, 0.5) is 0 Å². The molecule has 0 bridgehead atoms. The highest BCUT2D eigenvalue weighted by Crippen LogP contribution is 2.06. The molecule has 0 aliphatic rings. The predicted octanol–water partition coefficient (Wildman–Crippen LogP) is 0.140. The van der Waals surface area contributed by atoms with Gasteiger partial charge in [0.15, 0.2) is 5.43 Å². The van der Waals surface area contributed by atoms with E-state index in [0.29, 0.717) is 12.4 Å². The average molecular weight is 256 g/mol. The van der Waals surface area contributed by atoms with Crippen LogP contribution in [0.3, 0.4) is 0 Å². The third-order valence-corrected chi connectivity index (χ3v) is 3.05. The fourth-order valence-electron chi connectivity index (χ4n) is 2.11. The average Bonchev–Trinajstić information content (AvgIpc) is 2.38. The molecule has 0 aliphatic heterocycles. The predicted molar refractivity (Wildman–Crippen MR) is 76.1 cm³/mol.